The van der Waals surface area contributed by atoms with Crippen LogP contribution in [0.5, 0.6) is 0 Å². The molecule has 0 N–H and O–H groups in total. The first kappa shape index (κ1) is 31.5. The monoisotopic (exact) mass is 734 g/mol. The highest BCUT2D eigenvalue weighted by molar-refractivity contribution is 6.66. The van der Waals surface area contributed by atoms with Crippen LogP contribution in [0.3, 0.4) is 0 Å². The van der Waals surface area contributed by atoms with Crippen molar-refractivity contribution >= 4 is 128 Å². The molecule has 0 spiro atoms. The van der Waals surface area contributed by atoms with Gasteiger partial charge in [0.1, 0.15) is 15.8 Å². The Hall–Kier alpha value is -0.930. The minimum atomic E-state index is -2.18. The Morgan fingerprint density at radius 3 is 1.59 bits per heavy atom. The van der Waals surface area contributed by atoms with E-state index in [2.05, 4.69) is 0 Å². The first-order valence-corrected chi connectivity index (χ1v) is 15.4. The van der Waals surface area contributed by atoms with Gasteiger partial charge >= 0.3 is 0 Å². The number of hydrazine groups is 1. The molecule has 5 atom stereocenters. The second-order valence-corrected chi connectivity index (χ2v) is 14.1. The van der Waals surface area contributed by atoms with Gasteiger partial charge in [0.05, 0.1) is 21.9 Å². The first-order valence-electron chi connectivity index (χ1n) is 11.8. The highest BCUT2D eigenvalue weighted by atomic mass is 35.5. The van der Waals surface area contributed by atoms with Crippen molar-refractivity contribution in [2.24, 2.45) is 11.8 Å². The lowest BCUT2D eigenvalue weighted by atomic mass is 9.84. The predicted molar refractivity (Wildman–Crippen MR) is 162 cm³/mol. The van der Waals surface area contributed by atoms with Crippen molar-refractivity contribution in [2.75, 3.05) is 5.88 Å². The molecule has 2 aliphatic carbocycles. The van der Waals surface area contributed by atoms with Gasteiger partial charge in [-0.3, -0.25) is 19.2 Å². The van der Waals surface area contributed by atoms with Crippen molar-refractivity contribution in [3.8, 4) is 0 Å². The Morgan fingerprint density at radius 1 is 0.756 bits per heavy atom. The summed E-state index contributed by atoms with van der Waals surface area (Å²) in [5, 5.41) is 1.41. The number of fused-ring (bicyclic) bond motifs is 5. The summed E-state index contributed by atoms with van der Waals surface area (Å²) in [7, 11) is 0. The number of Topliss-reactive ketones (excluding diaryl/α,β-unsaturated/α-hetero) is 1. The fourth-order valence-corrected chi connectivity index (χ4v) is 8.95. The number of hydrogen-bond donors (Lipinski definition) is 0. The average Bonchev–Trinajstić information content (AvgIpc) is 3.32. The van der Waals surface area contributed by atoms with Crippen LogP contribution in [0.4, 0.5) is 0 Å². The molecule has 0 unspecified atom stereocenters. The molecule has 0 radical (unpaired) electrons. The van der Waals surface area contributed by atoms with E-state index >= 15 is 0 Å². The van der Waals surface area contributed by atoms with Crippen molar-refractivity contribution in [1.82, 2.24) is 10.0 Å². The maximum atomic E-state index is 14.2. The summed E-state index contributed by atoms with van der Waals surface area (Å²) < 4.78 is -2.18. The molecule has 41 heavy (non-hydrogen) atoms. The van der Waals surface area contributed by atoms with Gasteiger partial charge < -0.3 is 0 Å². The topological polar surface area (TPSA) is 74.8 Å². The molecule has 0 aromatic heterocycles. The molecule has 3 amide bonds. The molecule has 15 heteroatoms. The second-order valence-electron chi connectivity index (χ2n) is 9.59. The Kier molecular flexibility index (Phi) is 8.37. The third-order valence-corrected chi connectivity index (χ3v) is 12.5. The number of carbonyl (C=O) groups is 4. The van der Waals surface area contributed by atoms with Crippen LogP contribution in [0.1, 0.15) is 27.1 Å². The summed E-state index contributed by atoms with van der Waals surface area (Å²) in [4.78, 5) is 52.1. The fraction of sp³-hybridized carbons (Fsp3) is 0.308. The summed E-state index contributed by atoms with van der Waals surface area (Å²) in [6, 6.07) is 10.0. The minimum Gasteiger partial charge on any atom is -0.292 e. The lowest BCUT2D eigenvalue weighted by molar-refractivity contribution is -0.157. The number of imide groups is 1. The maximum absolute atomic E-state index is 14.2. The highest BCUT2D eigenvalue weighted by Crippen LogP contribution is 2.77. The van der Waals surface area contributed by atoms with Gasteiger partial charge in [-0.25, -0.2) is 5.01 Å². The van der Waals surface area contributed by atoms with E-state index in [4.69, 9.17) is 104 Å². The van der Waals surface area contributed by atoms with E-state index in [-0.39, 0.29) is 33.5 Å². The number of alkyl halides is 5. The Bertz CT molecular complexity index is 1470. The van der Waals surface area contributed by atoms with Crippen LogP contribution in [-0.2, 0) is 9.59 Å². The number of ketones is 1. The van der Waals surface area contributed by atoms with Crippen molar-refractivity contribution in [3.63, 3.8) is 0 Å². The molecule has 2 fully saturated rings. The lowest BCUT2D eigenvalue weighted by Gasteiger charge is -2.39. The zero-order chi connectivity index (χ0) is 30.2. The molecule has 2 aromatic rings. The molecule has 3 aliphatic rings. The number of nitrogens with zero attached hydrogens (tertiary/aromatic N) is 2. The summed E-state index contributed by atoms with van der Waals surface area (Å²) in [6.07, 6.45) is -0.151. The van der Waals surface area contributed by atoms with Gasteiger partial charge in [0.2, 0.25) is 0 Å². The molecule has 5 rings (SSSR count). The van der Waals surface area contributed by atoms with E-state index in [9.17, 15) is 19.2 Å². The molecule has 1 saturated carbocycles. The van der Waals surface area contributed by atoms with E-state index < -0.39 is 55.5 Å². The lowest BCUT2D eigenvalue weighted by Crippen LogP contribution is -2.60. The van der Waals surface area contributed by atoms with Crippen LogP contribution in [-0.4, -0.2) is 59.5 Å². The van der Waals surface area contributed by atoms with Crippen LogP contribution in [0.15, 0.2) is 58.6 Å². The van der Waals surface area contributed by atoms with Crippen LogP contribution >= 0.6 is 104 Å². The third kappa shape index (κ3) is 4.27. The minimum absolute atomic E-state index is 0.0120. The summed E-state index contributed by atoms with van der Waals surface area (Å²) >= 11 is 57.8. The van der Waals surface area contributed by atoms with Crippen molar-refractivity contribution in [3.05, 3.63) is 79.8 Å². The van der Waals surface area contributed by atoms with E-state index in [0.29, 0.717) is 15.1 Å². The standard InChI is InChI=1S/C26H15Cl9N2O4/c27-10-9-15(18(38)11-1-5-13(28)6-2-11)36(21(39)12-3-7-14(29)8-4-12)37-22(40)16-17(23(37)41)25(33)20(31)19(30)24(16,32)26(25,34)35/h1-8,15-17H,9-10H2/t15-,16-,17+,24+,25+/m0/s1. The normalized spacial score (nSPS) is 28.8. The van der Waals surface area contributed by atoms with Crippen LogP contribution in [0.2, 0.25) is 10.0 Å². The first-order chi connectivity index (χ1) is 19.2. The molecular formula is C26H15Cl9N2O4. The second kappa shape index (κ2) is 10.9. The number of rotatable bonds is 7. The molecule has 1 saturated heterocycles. The SMILES string of the molecule is O=C(c1ccc(Cl)cc1)[C@H](CCCl)N(C(=O)c1ccc(Cl)cc1)N1C(=O)[C@@H]2[C@H](C1=O)[C@@]1(Cl)C(Cl)=C(Cl)[C@@]2(Cl)C1(Cl)Cl. The van der Waals surface area contributed by atoms with Gasteiger partial charge in [-0.05, 0) is 55.0 Å². The van der Waals surface area contributed by atoms with Crippen molar-refractivity contribution in [2.45, 2.75) is 26.5 Å². The summed E-state index contributed by atoms with van der Waals surface area (Å²) in [6.45, 7) is 0. The van der Waals surface area contributed by atoms with Crippen molar-refractivity contribution in [1.29, 1.82) is 0 Å². The molecule has 216 valence electrons. The van der Waals surface area contributed by atoms with Gasteiger partial charge in [-0.2, -0.15) is 5.01 Å². The molecule has 1 aliphatic heterocycles. The molecule has 1 heterocycles. The van der Waals surface area contributed by atoms with E-state index in [1.165, 1.54) is 48.5 Å². The number of amides is 3. The Labute approximate surface area is 279 Å². The molecule has 2 bridgehead atoms. The van der Waals surface area contributed by atoms with Crippen molar-refractivity contribution < 1.29 is 19.2 Å². The number of hydrogen-bond acceptors (Lipinski definition) is 4. The van der Waals surface area contributed by atoms with Crippen LogP contribution < -0.4 is 0 Å². The fourth-order valence-electron chi connectivity index (χ4n) is 5.56. The Morgan fingerprint density at radius 2 is 1.17 bits per heavy atom. The number of halogens is 9. The Balaban J connectivity index is 1.67. The summed E-state index contributed by atoms with van der Waals surface area (Å²) in [5.74, 6) is -6.68. The van der Waals surface area contributed by atoms with Gasteiger partial charge in [0.15, 0.2) is 10.1 Å². The third-order valence-electron chi connectivity index (χ3n) is 7.51. The summed E-state index contributed by atoms with van der Waals surface area (Å²) in [5.41, 5.74) is 0.159. The van der Waals surface area contributed by atoms with Gasteiger partial charge in [0, 0.05) is 27.1 Å². The van der Waals surface area contributed by atoms with Gasteiger partial charge in [-0.15, -0.1) is 34.8 Å². The number of allylic oxidation sites excluding steroid dienone is 2. The van der Waals surface area contributed by atoms with Crippen LogP contribution in [0.25, 0.3) is 0 Å². The quantitative estimate of drug-likeness (QED) is 0.166. The molecule has 2 aromatic carbocycles. The maximum Gasteiger partial charge on any atom is 0.273 e. The number of carbonyl (C=O) groups excluding carboxylic acids is 4. The zero-order valence-corrected chi connectivity index (χ0v) is 27.0. The highest BCUT2D eigenvalue weighted by Gasteiger charge is 2.88. The average molecular weight is 738 g/mol. The number of benzene rings is 2. The van der Waals surface area contributed by atoms with E-state index in [1.807, 2.05) is 0 Å². The largest absolute Gasteiger partial charge is 0.292 e. The smallest absolute Gasteiger partial charge is 0.273 e. The molecule has 6 nitrogen and oxygen atoms in total. The van der Waals surface area contributed by atoms with E-state index in [1.54, 1.807) is 0 Å². The molecular weight excluding hydrogens is 723 g/mol. The van der Waals surface area contributed by atoms with Gasteiger partial charge in [-0.1, -0.05) is 69.6 Å². The van der Waals surface area contributed by atoms with E-state index in [0.717, 1.165) is 5.01 Å². The predicted octanol–water partition coefficient (Wildman–Crippen LogP) is 7.68. The van der Waals surface area contributed by atoms with Crippen LogP contribution in [0, 0.1) is 11.8 Å². The zero-order valence-electron chi connectivity index (χ0n) is 20.2. The van der Waals surface area contributed by atoms with Gasteiger partial charge in [0.25, 0.3) is 17.7 Å².